The minimum atomic E-state index is -0.282. The summed E-state index contributed by atoms with van der Waals surface area (Å²) in [5.74, 6) is 2.41. The first-order valence-corrected chi connectivity index (χ1v) is 11.1. The summed E-state index contributed by atoms with van der Waals surface area (Å²) in [6, 6.07) is 13.5. The highest BCUT2D eigenvalue weighted by molar-refractivity contribution is 7.18. The summed E-state index contributed by atoms with van der Waals surface area (Å²) in [6.45, 7) is 1.74. The van der Waals surface area contributed by atoms with Crippen LogP contribution in [-0.4, -0.2) is 53.7 Å². The lowest BCUT2D eigenvalue weighted by atomic mass is 10.1. The first kappa shape index (κ1) is 20.5. The third-order valence-electron chi connectivity index (χ3n) is 5.03. The van der Waals surface area contributed by atoms with E-state index in [1.54, 1.807) is 17.5 Å². The minimum absolute atomic E-state index is 0.231. The summed E-state index contributed by atoms with van der Waals surface area (Å²) in [5, 5.41) is 0.839. The second kappa shape index (κ2) is 8.60. The van der Waals surface area contributed by atoms with E-state index in [0.717, 1.165) is 44.5 Å². The van der Waals surface area contributed by atoms with Crippen LogP contribution >= 0.6 is 11.3 Å². The van der Waals surface area contributed by atoms with E-state index in [1.165, 1.54) is 0 Å². The number of para-hydroxylation sites is 2. The standard InChI is InChI=1S/C23H23N5O3S/c1-28(2)9-10-29-18-11-14(15-7-8-25-23(24)26-15)12-20-21(18)27-22(32-20)19-13-30-16-5-3-4-6-17(16)31-19/h3-8,11-12,19H,9-10,13H2,1-2H3,(H2,24,25,26). The number of hydrogen-bond acceptors (Lipinski definition) is 9. The third-order valence-corrected chi connectivity index (χ3v) is 6.12. The number of fused-ring (bicyclic) bond motifs is 2. The molecule has 1 atom stereocenters. The number of anilines is 1. The van der Waals surface area contributed by atoms with E-state index >= 15 is 0 Å². The highest BCUT2D eigenvalue weighted by atomic mass is 32.1. The number of aromatic nitrogens is 3. The van der Waals surface area contributed by atoms with Gasteiger partial charge in [-0.15, -0.1) is 11.3 Å². The van der Waals surface area contributed by atoms with E-state index < -0.39 is 0 Å². The molecule has 0 saturated heterocycles. The monoisotopic (exact) mass is 449 g/mol. The number of benzene rings is 2. The van der Waals surface area contributed by atoms with Crippen LogP contribution < -0.4 is 19.9 Å². The highest BCUT2D eigenvalue weighted by Gasteiger charge is 2.26. The molecule has 2 aromatic carbocycles. The van der Waals surface area contributed by atoms with Crippen LogP contribution in [0.15, 0.2) is 48.7 Å². The zero-order valence-electron chi connectivity index (χ0n) is 17.8. The Labute approximate surface area is 189 Å². The van der Waals surface area contributed by atoms with Gasteiger partial charge in [0.15, 0.2) is 17.6 Å². The molecule has 4 aromatic rings. The number of thiazole rings is 1. The van der Waals surface area contributed by atoms with Crippen LogP contribution in [-0.2, 0) is 0 Å². The van der Waals surface area contributed by atoms with E-state index in [9.17, 15) is 0 Å². The van der Waals surface area contributed by atoms with Gasteiger partial charge in [0.2, 0.25) is 5.95 Å². The minimum Gasteiger partial charge on any atom is -0.490 e. The molecule has 5 rings (SSSR count). The van der Waals surface area contributed by atoms with Gasteiger partial charge in [-0.05, 0) is 44.4 Å². The lowest BCUT2D eigenvalue weighted by Crippen LogP contribution is -2.21. The smallest absolute Gasteiger partial charge is 0.220 e. The fraction of sp³-hybridized carbons (Fsp3) is 0.261. The van der Waals surface area contributed by atoms with E-state index in [1.807, 2.05) is 50.5 Å². The van der Waals surface area contributed by atoms with Crippen molar-refractivity contribution in [1.82, 2.24) is 19.9 Å². The van der Waals surface area contributed by atoms with E-state index in [4.69, 9.17) is 24.9 Å². The molecule has 3 heterocycles. The van der Waals surface area contributed by atoms with Gasteiger partial charge in [0.05, 0.1) is 10.4 Å². The molecule has 2 aromatic heterocycles. The maximum absolute atomic E-state index is 6.17. The SMILES string of the molecule is CN(C)CCOc1cc(-c2ccnc(N)n2)cc2sc(C3COc4ccccc4O3)nc12. The molecule has 164 valence electrons. The molecule has 0 radical (unpaired) electrons. The van der Waals surface area contributed by atoms with Crippen LogP contribution in [0.3, 0.4) is 0 Å². The number of rotatable bonds is 6. The Morgan fingerprint density at radius 1 is 1.16 bits per heavy atom. The van der Waals surface area contributed by atoms with Gasteiger partial charge < -0.3 is 24.8 Å². The number of nitrogens with zero attached hydrogens (tertiary/aromatic N) is 4. The van der Waals surface area contributed by atoms with E-state index in [2.05, 4.69) is 20.9 Å². The van der Waals surface area contributed by atoms with E-state index in [-0.39, 0.29) is 12.1 Å². The number of hydrogen-bond donors (Lipinski definition) is 1. The summed E-state index contributed by atoms with van der Waals surface area (Å²) in [5.41, 5.74) is 8.23. The van der Waals surface area contributed by atoms with Crippen LogP contribution in [0.5, 0.6) is 17.2 Å². The Morgan fingerprint density at radius 2 is 2.00 bits per heavy atom. The molecule has 0 bridgehead atoms. The van der Waals surface area contributed by atoms with Crippen molar-refractivity contribution in [1.29, 1.82) is 0 Å². The lowest BCUT2D eigenvalue weighted by molar-refractivity contribution is 0.0912. The van der Waals surface area contributed by atoms with Gasteiger partial charge in [-0.2, -0.15) is 0 Å². The van der Waals surface area contributed by atoms with Gasteiger partial charge in [-0.1, -0.05) is 12.1 Å². The molecule has 0 spiro atoms. The number of nitrogens with two attached hydrogens (primary N) is 1. The normalized spacial score (nSPS) is 15.3. The molecular weight excluding hydrogens is 426 g/mol. The first-order valence-electron chi connectivity index (χ1n) is 10.3. The zero-order valence-corrected chi connectivity index (χ0v) is 18.6. The van der Waals surface area contributed by atoms with Gasteiger partial charge in [-0.3, -0.25) is 0 Å². The van der Waals surface area contributed by atoms with Crippen molar-refractivity contribution in [3.63, 3.8) is 0 Å². The maximum atomic E-state index is 6.17. The fourth-order valence-electron chi connectivity index (χ4n) is 3.43. The number of likely N-dealkylation sites (N-methyl/N-ethyl adjacent to an activating group) is 1. The van der Waals surface area contributed by atoms with Gasteiger partial charge in [0, 0.05) is 18.3 Å². The van der Waals surface area contributed by atoms with Crippen LogP contribution in [0.25, 0.3) is 21.5 Å². The van der Waals surface area contributed by atoms with Crippen molar-refractivity contribution in [2.24, 2.45) is 0 Å². The average molecular weight is 450 g/mol. The van der Waals surface area contributed by atoms with Crippen LogP contribution in [0.4, 0.5) is 5.95 Å². The van der Waals surface area contributed by atoms with Crippen molar-refractivity contribution in [3.8, 4) is 28.5 Å². The predicted molar refractivity (Wildman–Crippen MR) is 124 cm³/mol. The van der Waals surface area contributed by atoms with Gasteiger partial charge in [-0.25, -0.2) is 15.0 Å². The van der Waals surface area contributed by atoms with Crippen LogP contribution in [0.2, 0.25) is 0 Å². The molecule has 0 fully saturated rings. The molecule has 32 heavy (non-hydrogen) atoms. The molecule has 2 N–H and O–H groups in total. The summed E-state index contributed by atoms with van der Waals surface area (Å²) in [6.07, 6.45) is 1.37. The van der Waals surface area contributed by atoms with Crippen molar-refractivity contribution < 1.29 is 14.2 Å². The fourth-order valence-corrected chi connectivity index (χ4v) is 4.46. The largest absolute Gasteiger partial charge is 0.490 e. The Bertz CT molecular complexity index is 1260. The summed E-state index contributed by atoms with van der Waals surface area (Å²) >= 11 is 1.56. The molecule has 9 heteroatoms. The maximum Gasteiger partial charge on any atom is 0.220 e. The quantitative estimate of drug-likeness (QED) is 0.475. The van der Waals surface area contributed by atoms with E-state index in [0.29, 0.717) is 19.0 Å². The van der Waals surface area contributed by atoms with Crippen LogP contribution in [0, 0.1) is 0 Å². The summed E-state index contributed by atoms with van der Waals surface area (Å²) in [7, 11) is 4.02. The molecule has 0 saturated carbocycles. The van der Waals surface area contributed by atoms with Crippen molar-refractivity contribution >= 4 is 27.5 Å². The zero-order chi connectivity index (χ0) is 22.1. The lowest BCUT2D eigenvalue weighted by Gasteiger charge is -2.24. The molecular formula is C23H23N5O3S. The average Bonchev–Trinajstić information content (AvgIpc) is 3.23. The third kappa shape index (κ3) is 4.17. The second-order valence-electron chi connectivity index (χ2n) is 7.69. The van der Waals surface area contributed by atoms with Gasteiger partial charge in [0.25, 0.3) is 0 Å². The summed E-state index contributed by atoms with van der Waals surface area (Å²) in [4.78, 5) is 15.3. The van der Waals surface area contributed by atoms with Crippen molar-refractivity contribution in [2.75, 3.05) is 39.6 Å². The Hall–Kier alpha value is -3.43. The Balaban J connectivity index is 1.52. The van der Waals surface area contributed by atoms with Crippen molar-refractivity contribution in [3.05, 3.63) is 53.7 Å². The molecule has 8 nitrogen and oxygen atoms in total. The Kier molecular flexibility index (Phi) is 5.50. The highest BCUT2D eigenvalue weighted by Crippen LogP contribution is 2.41. The first-order chi connectivity index (χ1) is 15.6. The summed E-state index contributed by atoms with van der Waals surface area (Å²) < 4.78 is 19.2. The topological polar surface area (TPSA) is 95.6 Å². The van der Waals surface area contributed by atoms with Crippen molar-refractivity contribution in [2.45, 2.75) is 6.10 Å². The number of nitrogen functional groups attached to an aromatic ring is 1. The second-order valence-corrected chi connectivity index (χ2v) is 8.75. The molecule has 1 unspecified atom stereocenters. The predicted octanol–water partition coefficient (Wildman–Crippen LogP) is 3.79. The molecule has 1 aliphatic rings. The van der Waals surface area contributed by atoms with Crippen LogP contribution in [0.1, 0.15) is 11.1 Å². The van der Waals surface area contributed by atoms with Gasteiger partial charge >= 0.3 is 0 Å². The Morgan fingerprint density at radius 3 is 2.81 bits per heavy atom. The molecule has 0 amide bonds. The molecule has 0 aliphatic carbocycles. The molecule has 1 aliphatic heterocycles. The number of ether oxygens (including phenoxy) is 3. The van der Waals surface area contributed by atoms with Gasteiger partial charge in [0.1, 0.15) is 29.5 Å².